The normalized spacial score (nSPS) is 13.4. The second kappa shape index (κ2) is 6.71. The number of halogens is 1. The van der Waals surface area contributed by atoms with E-state index in [4.69, 9.17) is 5.73 Å². The van der Waals surface area contributed by atoms with Gasteiger partial charge in [-0.25, -0.2) is 9.07 Å². The van der Waals surface area contributed by atoms with Crippen molar-refractivity contribution in [3.05, 3.63) is 66.5 Å². The van der Waals surface area contributed by atoms with Gasteiger partial charge in [0.25, 0.3) is 0 Å². The predicted octanol–water partition coefficient (Wildman–Crippen LogP) is 2.12. The fourth-order valence-electron chi connectivity index (χ4n) is 3.25. The first-order valence-electron chi connectivity index (χ1n) is 8.63. The first-order chi connectivity index (χ1) is 13.0. The lowest BCUT2D eigenvalue weighted by Crippen LogP contribution is -2.37. The first kappa shape index (κ1) is 17.0. The molecule has 1 aliphatic heterocycles. The maximum absolute atomic E-state index is 13.2. The zero-order valence-corrected chi connectivity index (χ0v) is 14.7. The van der Waals surface area contributed by atoms with Gasteiger partial charge in [0.1, 0.15) is 12.4 Å². The van der Waals surface area contributed by atoms with Gasteiger partial charge in [-0.1, -0.05) is 6.58 Å². The molecule has 4 rings (SSSR count). The van der Waals surface area contributed by atoms with Crippen molar-refractivity contribution in [2.24, 2.45) is 5.73 Å². The minimum Gasteiger partial charge on any atom is -0.399 e. The molecule has 1 amide bonds. The number of carbonyl (C=O) groups excluding carboxylic acids is 1. The Morgan fingerprint density at radius 3 is 2.70 bits per heavy atom. The lowest BCUT2D eigenvalue weighted by molar-refractivity contribution is -0.119. The Hall–Kier alpha value is -3.42. The number of carbonyl (C=O) groups is 1. The highest BCUT2D eigenvalue weighted by atomic mass is 19.1. The van der Waals surface area contributed by atoms with Crippen molar-refractivity contribution in [1.82, 2.24) is 19.6 Å². The van der Waals surface area contributed by atoms with Crippen LogP contribution in [0, 0.1) is 5.82 Å². The zero-order chi connectivity index (χ0) is 19.0. The van der Waals surface area contributed by atoms with Crippen molar-refractivity contribution in [1.29, 1.82) is 0 Å². The minimum atomic E-state index is -0.296. The summed E-state index contributed by atoms with van der Waals surface area (Å²) in [6.07, 6.45) is 6.60. The number of aromatic nitrogens is 4. The lowest BCUT2D eigenvalue weighted by Gasteiger charge is -2.27. The van der Waals surface area contributed by atoms with Gasteiger partial charge in [0.2, 0.25) is 5.91 Å². The summed E-state index contributed by atoms with van der Waals surface area (Å²) in [4.78, 5) is 14.6. The van der Waals surface area contributed by atoms with Crippen molar-refractivity contribution >= 4 is 17.3 Å². The standard InChI is InChI=1S/C19H19FN6O/c1-13(21)14-9-22-24(11-14)12-19(27)25-8-2-3-17-18(25)10-23-26(17)16-6-4-15(20)5-7-16/h4-7,9-11H,1-3,8,12,21H2. The number of benzene rings is 1. The van der Waals surface area contributed by atoms with Crippen LogP contribution < -0.4 is 10.6 Å². The Labute approximate surface area is 155 Å². The molecule has 138 valence electrons. The van der Waals surface area contributed by atoms with E-state index in [0.717, 1.165) is 29.9 Å². The molecule has 0 fully saturated rings. The molecule has 1 aromatic carbocycles. The molecule has 8 heteroatoms. The van der Waals surface area contributed by atoms with E-state index in [-0.39, 0.29) is 18.3 Å². The average Bonchev–Trinajstić information content (AvgIpc) is 3.29. The molecular weight excluding hydrogens is 347 g/mol. The van der Waals surface area contributed by atoms with E-state index in [0.29, 0.717) is 17.8 Å². The number of amides is 1. The average molecular weight is 366 g/mol. The second-order valence-electron chi connectivity index (χ2n) is 6.47. The van der Waals surface area contributed by atoms with Gasteiger partial charge in [-0.05, 0) is 37.1 Å². The summed E-state index contributed by atoms with van der Waals surface area (Å²) < 4.78 is 16.5. The van der Waals surface area contributed by atoms with E-state index in [1.807, 2.05) is 0 Å². The molecule has 0 atom stereocenters. The van der Waals surface area contributed by atoms with E-state index in [1.165, 1.54) is 12.1 Å². The van der Waals surface area contributed by atoms with Gasteiger partial charge in [0.15, 0.2) is 0 Å². The van der Waals surface area contributed by atoms with Crippen molar-refractivity contribution in [3.8, 4) is 5.69 Å². The maximum atomic E-state index is 13.2. The summed E-state index contributed by atoms with van der Waals surface area (Å²) in [7, 11) is 0. The molecule has 2 N–H and O–H groups in total. The van der Waals surface area contributed by atoms with Crippen LogP contribution in [0.1, 0.15) is 17.7 Å². The molecule has 0 saturated heterocycles. The molecule has 2 aromatic heterocycles. The molecule has 0 unspecified atom stereocenters. The number of fused-ring (bicyclic) bond motifs is 1. The summed E-state index contributed by atoms with van der Waals surface area (Å²) in [5.74, 6) is -0.373. The number of hydrogen-bond donors (Lipinski definition) is 1. The minimum absolute atomic E-state index is 0.0770. The third-order valence-electron chi connectivity index (χ3n) is 4.61. The molecule has 27 heavy (non-hydrogen) atoms. The molecule has 0 spiro atoms. The van der Waals surface area contributed by atoms with E-state index in [1.54, 1.807) is 45.0 Å². The van der Waals surface area contributed by atoms with E-state index >= 15 is 0 Å². The SMILES string of the molecule is C=C(N)c1cnn(CC(=O)N2CCCc3c2cnn3-c2ccc(F)cc2)c1. The zero-order valence-electron chi connectivity index (χ0n) is 14.7. The largest absolute Gasteiger partial charge is 0.399 e. The highest BCUT2D eigenvalue weighted by Crippen LogP contribution is 2.29. The van der Waals surface area contributed by atoms with Gasteiger partial charge < -0.3 is 10.6 Å². The van der Waals surface area contributed by atoms with Crippen molar-refractivity contribution in [2.75, 3.05) is 11.4 Å². The van der Waals surface area contributed by atoms with E-state index in [2.05, 4.69) is 16.8 Å². The fraction of sp³-hybridized carbons (Fsp3) is 0.211. The maximum Gasteiger partial charge on any atom is 0.248 e. The second-order valence-corrected chi connectivity index (χ2v) is 6.47. The highest BCUT2D eigenvalue weighted by molar-refractivity contribution is 5.94. The van der Waals surface area contributed by atoms with Gasteiger partial charge in [-0.2, -0.15) is 10.2 Å². The Morgan fingerprint density at radius 2 is 2.00 bits per heavy atom. The molecule has 0 saturated carbocycles. The third kappa shape index (κ3) is 3.21. The summed E-state index contributed by atoms with van der Waals surface area (Å²) in [5.41, 5.74) is 9.26. The Morgan fingerprint density at radius 1 is 1.22 bits per heavy atom. The van der Waals surface area contributed by atoms with Crippen LogP contribution in [0.15, 0.2) is 49.4 Å². The molecule has 7 nitrogen and oxygen atoms in total. The van der Waals surface area contributed by atoms with Crippen molar-refractivity contribution in [2.45, 2.75) is 19.4 Å². The van der Waals surface area contributed by atoms with Crippen LogP contribution in [0.25, 0.3) is 11.4 Å². The van der Waals surface area contributed by atoms with Crippen LogP contribution in [-0.2, 0) is 17.8 Å². The van der Waals surface area contributed by atoms with Crippen LogP contribution in [0.5, 0.6) is 0 Å². The number of rotatable bonds is 4. The van der Waals surface area contributed by atoms with Crippen LogP contribution in [-0.4, -0.2) is 32.0 Å². The molecular formula is C19H19FN6O. The topological polar surface area (TPSA) is 82.0 Å². The van der Waals surface area contributed by atoms with Crippen molar-refractivity contribution < 1.29 is 9.18 Å². The first-order valence-corrected chi connectivity index (χ1v) is 8.63. The number of hydrogen-bond acceptors (Lipinski definition) is 4. The smallest absolute Gasteiger partial charge is 0.248 e. The molecule has 0 aliphatic carbocycles. The van der Waals surface area contributed by atoms with Crippen LogP contribution in [0.4, 0.5) is 10.1 Å². The number of nitrogens with two attached hydrogens (primary N) is 1. The lowest BCUT2D eigenvalue weighted by atomic mass is 10.1. The quantitative estimate of drug-likeness (QED) is 0.767. The molecule has 1 aliphatic rings. The van der Waals surface area contributed by atoms with Crippen LogP contribution >= 0.6 is 0 Å². The summed E-state index contributed by atoms with van der Waals surface area (Å²) in [5, 5.41) is 8.58. The predicted molar refractivity (Wildman–Crippen MR) is 99.6 cm³/mol. The molecule has 3 heterocycles. The Bertz CT molecular complexity index is 1000. The van der Waals surface area contributed by atoms with Gasteiger partial charge in [0, 0.05) is 24.0 Å². The number of nitrogens with zero attached hydrogens (tertiary/aromatic N) is 5. The third-order valence-corrected chi connectivity index (χ3v) is 4.61. The van der Waals surface area contributed by atoms with Crippen LogP contribution in [0.2, 0.25) is 0 Å². The molecule has 0 radical (unpaired) electrons. The summed E-state index contributed by atoms with van der Waals surface area (Å²) >= 11 is 0. The Kier molecular flexibility index (Phi) is 4.23. The van der Waals surface area contributed by atoms with Gasteiger partial charge in [0.05, 0.1) is 29.5 Å². The van der Waals surface area contributed by atoms with Gasteiger partial charge in [-0.3, -0.25) is 9.48 Å². The highest BCUT2D eigenvalue weighted by Gasteiger charge is 2.26. The number of anilines is 1. The fourth-order valence-corrected chi connectivity index (χ4v) is 3.25. The summed E-state index contributed by atoms with van der Waals surface area (Å²) in [6.45, 7) is 4.40. The monoisotopic (exact) mass is 366 g/mol. The van der Waals surface area contributed by atoms with Gasteiger partial charge >= 0.3 is 0 Å². The molecule has 3 aromatic rings. The van der Waals surface area contributed by atoms with E-state index < -0.39 is 0 Å². The summed E-state index contributed by atoms with van der Waals surface area (Å²) in [6, 6.07) is 6.15. The Balaban J connectivity index is 1.58. The van der Waals surface area contributed by atoms with Crippen molar-refractivity contribution in [3.63, 3.8) is 0 Å². The van der Waals surface area contributed by atoms with Gasteiger partial charge in [-0.15, -0.1) is 0 Å². The van der Waals surface area contributed by atoms with E-state index in [9.17, 15) is 9.18 Å². The van der Waals surface area contributed by atoms with Crippen LogP contribution in [0.3, 0.4) is 0 Å². The molecule has 0 bridgehead atoms.